The molecule has 0 aromatic carbocycles. The number of nitrogens with zero attached hydrogens (tertiary/aromatic N) is 2. The quantitative estimate of drug-likeness (QED) is 0.819. The Balaban J connectivity index is 1.98. The SMILES string of the molecule is Cc1cccc(CN(CCN)C2CCC2)n1. The van der Waals surface area contributed by atoms with E-state index >= 15 is 0 Å². The van der Waals surface area contributed by atoms with Crippen molar-refractivity contribution in [3.63, 3.8) is 0 Å². The largest absolute Gasteiger partial charge is 0.329 e. The van der Waals surface area contributed by atoms with Gasteiger partial charge < -0.3 is 5.73 Å². The van der Waals surface area contributed by atoms with Gasteiger partial charge in [0, 0.05) is 31.4 Å². The first-order chi connectivity index (χ1) is 7.79. The predicted octanol–water partition coefficient (Wildman–Crippen LogP) is 1.70. The third-order valence-electron chi connectivity index (χ3n) is 3.32. The number of pyridine rings is 1. The van der Waals surface area contributed by atoms with Crippen LogP contribution in [0.15, 0.2) is 18.2 Å². The van der Waals surface area contributed by atoms with E-state index in [1.54, 1.807) is 0 Å². The molecule has 0 aliphatic heterocycles. The van der Waals surface area contributed by atoms with Gasteiger partial charge in [0.15, 0.2) is 0 Å². The van der Waals surface area contributed by atoms with E-state index in [2.05, 4.69) is 22.0 Å². The molecule has 88 valence electrons. The second kappa shape index (κ2) is 5.41. The minimum atomic E-state index is 0.738. The first kappa shape index (κ1) is 11.6. The zero-order valence-electron chi connectivity index (χ0n) is 10.0. The molecular formula is C13H21N3. The van der Waals surface area contributed by atoms with Crippen molar-refractivity contribution in [2.24, 2.45) is 5.73 Å². The lowest BCUT2D eigenvalue weighted by molar-refractivity contribution is 0.122. The van der Waals surface area contributed by atoms with Gasteiger partial charge in [-0.1, -0.05) is 12.5 Å². The van der Waals surface area contributed by atoms with Gasteiger partial charge in [0.1, 0.15) is 0 Å². The molecule has 3 nitrogen and oxygen atoms in total. The van der Waals surface area contributed by atoms with Crippen molar-refractivity contribution < 1.29 is 0 Å². The minimum absolute atomic E-state index is 0.738. The van der Waals surface area contributed by atoms with Gasteiger partial charge in [-0.05, 0) is 31.9 Å². The highest BCUT2D eigenvalue weighted by atomic mass is 15.2. The van der Waals surface area contributed by atoms with Gasteiger partial charge in [-0.2, -0.15) is 0 Å². The number of aryl methyl sites for hydroxylation is 1. The smallest absolute Gasteiger partial charge is 0.0547 e. The summed E-state index contributed by atoms with van der Waals surface area (Å²) in [7, 11) is 0. The van der Waals surface area contributed by atoms with Crippen LogP contribution in [0.3, 0.4) is 0 Å². The lowest BCUT2D eigenvalue weighted by Crippen LogP contribution is -2.42. The fourth-order valence-corrected chi connectivity index (χ4v) is 2.20. The van der Waals surface area contributed by atoms with Crippen LogP contribution in [-0.4, -0.2) is 29.0 Å². The van der Waals surface area contributed by atoms with Crippen LogP contribution in [0.1, 0.15) is 30.7 Å². The second-order valence-corrected chi connectivity index (χ2v) is 4.61. The zero-order chi connectivity index (χ0) is 11.4. The topological polar surface area (TPSA) is 42.1 Å². The van der Waals surface area contributed by atoms with E-state index in [-0.39, 0.29) is 0 Å². The van der Waals surface area contributed by atoms with Crippen LogP contribution in [0.2, 0.25) is 0 Å². The lowest BCUT2D eigenvalue weighted by atomic mass is 9.91. The van der Waals surface area contributed by atoms with Crippen molar-refractivity contribution in [2.45, 2.75) is 38.8 Å². The molecule has 0 bridgehead atoms. The minimum Gasteiger partial charge on any atom is -0.329 e. The summed E-state index contributed by atoms with van der Waals surface area (Å²) in [5.41, 5.74) is 7.93. The molecule has 1 heterocycles. The Morgan fingerprint density at radius 1 is 1.44 bits per heavy atom. The van der Waals surface area contributed by atoms with Gasteiger partial charge in [-0.25, -0.2) is 0 Å². The molecule has 0 unspecified atom stereocenters. The van der Waals surface area contributed by atoms with E-state index < -0.39 is 0 Å². The first-order valence-corrected chi connectivity index (χ1v) is 6.16. The van der Waals surface area contributed by atoms with Crippen molar-refractivity contribution in [3.05, 3.63) is 29.6 Å². The Bertz CT molecular complexity index is 334. The van der Waals surface area contributed by atoms with E-state index in [9.17, 15) is 0 Å². The highest BCUT2D eigenvalue weighted by Crippen LogP contribution is 2.25. The molecule has 0 saturated heterocycles. The summed E-state index contributed by atoms with van der Waals surface area (Å²) < 4.78 is 0. The Morgan fingerprint density at radius 3 is 2.81 bits per heavy atom. The van der Waals surface area contributed by atoms with Crippen molar-refractivity contribution in [1.82, 2.24) is 9.88 Å². The van der Waals surface area contributed by atoms with Gasteiger partial charge in [0.05, 0.1) is 5.69 Å². The average molecular weight is 219 g/mol. The molecule has 0 amide bonds. The first-order valence-electron chi connectivity index (χ1n) is 6.16. The van der Waals surface area contributed by atoms with Gasteiger partial charge in [0.2, 0.25) is 0 Å². The Kier molecular flexibility index (Phi) is 3.91. The standard InChI is InChI=1S/C13H21N3/c1-11-4-2-5-12(15-11)10-16(9-8-14)13-6-3-7-13/h2,4-5,13H,3,6-10,14H2,1H3. The van der Waals surface area contributed by atoms with Crippen LogP contribution >= 0.6 is 0 Å². The Labute approximate surface area is 97.7 Å². The summed E-state index contributed by atoms with van der Waals surface area (Å²) in [5.74, 6) is 0. The molecule has 1 aliphatic carbocycles. The van der Waals surface area contributed by atoms with Crippen LogP contribution < -0.4 is 5.73 Å². The number of nitrogens with two attached hydrogens (primary N) is 1. The monoisotopic (exact) mass is 219 g/mol. The fourth-order valence-electron chi connectivity index (χ4n) is 2.20. The predicted molar refractivity (Wildman–Crippen MR) is 66.1 cm³/mol. The summed E-state index contributed by atoms with van der Waals surface area (Å²) in [6, 6.07) is 6.97. The summed E-state index contributed by atoms with van der Waals surface area (Å²) in [6.45, 7) is 4.71. The van der Waals surface area contributed by atoms with E-state index in [1.165, 1.54) is 25.0 Å². The molecular weight excluding hydrogens is 198 g/mol. The van der Waals surface area contributed by atoms with E-state index in [0.717, 1.165) is 31.4 Å². The number of aromatic nitrogens is 1. The average Bonchev–Trinajstić information content (AvgIpc) is 2.15. The number of hydrogen-bond acceptors (Lipinski definition) is 3. The molecule has 2 N–H and O–H groups in total. The van der Waals surface area contributed by atoms with Crippen molar-refractivity contribution in [3.8, 4) is 0 Å². The Hall–Kier alpha value is -0.930. The maximum atomic E-state index is 5.67. The molecule has 2 rings (SSSR count). The van der Waals surface area contributed by atoms with Crippen molar-refractivity contribution in [1.29, 1.82) is 0 Å². The van der Waals surface area contributed by atoms with Crippen LogP contribution in [0.5, 0.6) is 0 Å². The molecule has 0 radical (unpaired) electrons. The van der Waals surface area contributed by atoms with Crippen LogP contribution in [-0.2, 0) is 6.54 Å². The normalized spacial score (nSPS) is 16.4. The number of rotatable bonds is 5. The van der Waals surface area contributed by atoms with Crippen molar-refractivity contribution in [2.75, 3.05) is 13.1 Å². The van der Waals surface area contributed by atoms with E-state index in [1.807, 2.05) is 13.0 Å². The fraction of sp³-hybridized carbons (Fsp3) is 0.615. The molecule has 1 aromatic rings. The van der Waals surface area contributed by atoms with Crippen LogP contribution in [0.25, 0.3) is 0 Å². The molecule has 16 heavy (non-hydrogen) atoms. The molecule has 1 saturated carbocycles. The highest BCUT2D eigenvalue weighted by Gasteiger charge is 2.24. The summed E-state index contributed by atoms with van der Waals surface area (Å²) in [5, 5.41) is 0. The highest BCUT2D eigenvalue weighted by molar-refractivity contribution is 5.10. The summed E-state index contributed by atoms with van der Waals surface area (Å²) in [4.78, 5) is 7.03. The molecule has 3 heteroatoms. The third-order valence-corrected chi connectivity index (χ3v) is 3.32. The van der Waals surface area contributed by atoms with Crippen molar-refractivity contribution >= 4 is 0 Å². The van der Waals surface area contributed by atoms with Gasteiger partial charge >= 0.3 is 0 Å². The molecule has 1 aromatic heterocycles. The van der Waals surface area contributed by atoms with E-state index in [4.69, 9.17) is 5.73 Å². The van der Waals surface area contributed by atoms with Gasteiger partial charge in [-0.3, -0.25) is 9.88 Å². The van der Waals surface area contributed by atoms with Crippen LogP contribution in [0.4, 0.5) is 0 Å². The maximum Gasteiger partial charge on any atom is 0.0547 e. The maximum absolute atomic E-state index is 5.67. The van der Waals surface area contributed by atoms with Gasteiger partial charge in [-0.15, -0.1) is 0 Å². The Morgan fingerprint density at radius 2 is 2.25 bits per heavy atom. The molecule has 0 atom stereocenters. The number of hydrogen-bond donors (Lipinski definition) is 1. The second-order valence-electron chi connectivity index (χ2n) is 4.61. The van der Waals surface area contributed by atoms with E-state index in [0.29, 0.717) is 0 Å². The molecule has 0 spiro atoms. The zero-order valence-corrected chi connectivity index (χ0v) is 10.0. The van der Waals surface area contributed by atoms with Crippen LogP contribution in [0, 0.1) is 6.92 Å². The summed E-state index contributed by atoms with van der Waals surface area (Å²) in [6.07, 6.45) is 4.02. The summed E-state index contributed by atoms with van der Waals surface area (Å²) >= 11 is 0. The van der Waals surface area contributed by atoms with Gasteiger partial charge in [0.25, 0.3) is 0 Å². The third kappa shape index (κ3) is 2.80. The lowest BCUT2D eigenvalue weighted by Gasteiger charge is -2.37. The molecule has 1 aliphatic rings. The molecule has 1 fully saturated rings.